The molecule has 1 atom stereocenters. The summed E-state index contributed by atoms with van der Waals surface area (Å²) in [7, 11) is -3.15. The second-order valence-corrected chi connectivity index (χ2v) is 9.51. The molecule has 2 aliphatic rings. The third-order valence-corrected chi connectivity index (χ3v) is 6.82. The highest BCUT2D eigenvalue weighted by molar-refractivity contribution is 7.88. The number of carbonyl (C=O) groups excluding carboxylic acids is 1. The van der Waals surface area contributed by atoms with Gasteiger partial charge in [0.1, 0.15) is 6.61 Å². The van der Waals surface area contributed by atoms with Crippen LogP contribution in [0.5, 0.6) is 0 Å². The molecule has 154 valence electrons. The average molecular weight is 417 g/mol. The van der Waals surface area contributed by atoms with E-state index in [9.17, 15) is 13.2 Å². The molecule has 1 amide bonds. The van der Waals surface area contributed by atoms with Gasteiger partial charge in [-0.15, -0.1) is 0 Å². The molecule has 1 aromatic carbocycles. The maximum Gasteiger partial charge on any atom is 0.415 e. The van der Waals surface area contributed by atoms with Crippen molar-refractivity contribution in [3.8, 4) is 0 Å². The molecule has 2 saturated heterocycles. The number of ether oxygens (including phenoxy) is 1. The number of hydrogen-bond acceptors (Lipinski definition) is 6. The van der Waals surface area contributed by atoms with Crippen molar-refractivity contribution in [1.82, 2.24) is 14.3 Å². The van der Waals surface area contributed by atoms with Crippen LogP contribution in [0.4, 0.5) is 10.6 Å². The summed E-state index contributed by atoms with van der Waals surface area (Å²) in [6, 6.07) is 9.84. The van der Waals surface area contributed by atoms with Gasteiger partial charge in [0, 0.05) is 19.0 Å². The van der Waals surface area contributed by atoms with Crippen molar-refractivity contribution in [3.63, 3.8) is 0 Å². The van der Waals surface area contributed by atoms with Crippen LogP contribution in [0, 0.1) is 0 Å². The predicted octanol–water partition coefficient (Wildman–Crippen LogP) is 2.18. The quantitative estimate of drug-likeness (QED) is 0.742. The molecule has 0 radical (unpaired) electrons. The third kappa shape index (κ3) is 4.40. The first kappa shape index (κ1) is 19.8. The van der Waals surface area contributed by atoms with Crippen LogP contribution in [0.25, 0.3) is 0 Å². The van der Waals surface area contributed by atoms with Crippen molar-refractivity contribution in [1.29, 1.82) is 0 Å². The van der Waals surface area contributed by atoms with E-state index in [2.05, 4.69) is 9.97 Å². The second-order valence-electron chi connectivity index (χ2n) is 7.53. The van der Waals surface area contributed by atoms with Crippen molar-refractivity contribution in [2.75, 3.05) is 30.9 Å². The van der Waals surface area contributed by atoms with Gasteiger partial charge in [0.25, 0.3) is 0 Å². The standard InChI is InChI=1S/C20H24N4O4S/c1-29(26,27)23-9-7-16(8-10-23)18-12-22-19(13-21-18)24-17(14-28-20(24)25)11-15-5-3-2-4-6-15/h2-6,12-13,16-17H,7-11,14H2,1H3/t17-/m0/s1. The van der Waals surface area contributed by atoms with Crippen molar-refractivity contribution >= 4 is 21.9 Å². The van der Waals surface area contributed by atoms with Gasteiger partial charge < -0.3 is 4.74 Å². The maximum atomic E-state index is 12.3. The minimum atomic E-state index is -3.15. The van der Waals surface area contributed by atoms with E-state index in [4.69, 9.17) is 4.74 Å². The van der Waals surface area contributed by atoms with Crippen LogP contribution >= 0.6 is 0 Å². The molecule has 0 aliphatic carbocycles. The molecule has 29 heavy (non-hydrogen) atoms. The Morgan fingerprint density at radius 2 is 1.83 bits per heavy atom. The summed E-state index contributed by atoms with van der Waals surface area (Å²) < 4.78 is 30.1. The van der Waals surface area contributed by atoms with Crippen LogP contribution in [0.15, 0.2) is 42.7 Å². The SMILES string of the molecule is CS(=O)(=O)N1CCC(c2cnc(N3C(=O)OC[C@@H]3Cc3ccccc3)cn2)CC1. The second kappa shape index (κ2) is 8.08. The summed E-state index contributed by atoms with van der Waals surface area (Å²) in [6.45, 7) is 1.30. The topological polar surface area (TPSA) is 92.7 Å². The molecule has 0 unspecified atom stereocenters. The van der Waals surface area contributed by atoms with Gasteiger partial charge in [0.05, 0.1) is 30.4 Å². The Morgan fingerprint density at radius 3 is 2.45 bits per heavy atom. The molecular formula is C20H24N4O4S. The molecule has 0 bridgehead atoms. The minimum Gasteiger partial charge on any atom is -0.447 e. The molecule has 4 rings (SSSR count). The number of anilines is 1. The molecule has 3 heterocycles. The lowest BCUT2D eigenvalue weighted by Crippen LogP contribution is -2.37. The van der Waals surface area contributed by atoms with Crippen LogP contribution in [0.1, 0.15) is 30.0 Å². The average Bonchev–Trinajstić information content (AvgIpc) is 3.08. The Labute approximate surface area is 170 Å². The highest BCUT2D eigenvalue weighted by atomic mass is 32.2. The van der Waals surface area contributed by atoms with Gasteiger partial charge in [-0.05, 0) is 24.8 Å². The first-order valence-electron chi connectivity index (χ1n) is 9.69. The smallest absolute Gasteiger partial charge is 0.415 e. The first-order chi connectivity index (χ1) is 13.9. The van der Waals surface area contributed by atoms with Gasteiger partial charge in [-0.25, -0.2) is 22.5 Å². The molecular weight excluding hydrogens is 392 g/mol. The van der Waals surface area contributed by atoms with Crippen molar-refractivity contribution in [3.05, 3.63) is 54.0 Å². The Balaban J connectivity index is 1.45. The van der Waals surface area contributed by atoms with E-state index in [0.717, 1.165) is 11.3 Å². The molecule has 2 aromatic rings. The number of aromatic nitrogens is 2. The van der Waals surface area contributed by atoms with Crippen molar-refractivity contribution in [2.45, 2.75) is 31.2 Å². The first-order valence-corrected chi connectivity index (χ1v) is 11.5. The lowest BCUT2D eigenvalue weighted by molar-refractivity contribution is 0.178. The summed E-state index contributed by atoms with van der Waals surface area (Å²) >= 11 is 0. The lowest BCUT2D eigenvalue weighted by Gasteiger charge is -2.29. The maximum absolute atomic E-state index is 12.3. The Morgan fingerprint density at radius 1 is 1.10 bits per heavy atom. The Kier molecular flexibility index (Phi) is 5.51. The van der Waals surface area contributed by atoms with Gasteiger partial charge >= 0.3 is 6.09 Å². The number of nitrogens with zero attached hydrogens (tertiary/aromatic N) is 4. The fraction of sp³-hybridized carbons (Fsp3) is 0.450. The van der Waals surface area contributed by atoms with Crippen LogP contribution in [0.2, 0.25) is 0 Å². The number of piperidine rings is 1. The van der Waals surface area contributed by atoms with Crippen LogP contribution < -0.4 is 4.90 Å². The number of rotatable bonds is 5. The number of cyclic esters (lactones) is 1. The molecule has 1 aromatic heterocycles. The van der Waals surface area contributed by atoms with Gasteiger partial charge in [-0.3, -0.25) is 9.88 Å². The number of hydrogen-bond donors (Lipinski definition) is 0. The van der Waals surface area contributed by atoms with Crippen molar-refractivity contribution in [2.24, 2.45) is 0 Å². The zero-order chi connectivity index (χ0) is 20.4. The van der Waals surface area contributed by atoms with E-state index in [-0.39, 0.29) is 12.0 Å². The van der Waals surface area contributed by atoms with E-state index >= 15 is 0 Å². The predicted molar refractivity (Wildman–Crippen MR) is 108 cm³/mol. The zero-order valence-corrected chi connectivity index (χ0v) is 17.1. The fourth-order valence-electron chi connectivity index (χ4n) is 3.93. The molecule has 2 fully saturated rings. The Hall–Kier alpha value is -2.52. The lowest BCUT2D eigenvalue weighted by atomic mass is 9.95. The van der Waals surface area contributed by atoms with E-state index in [1.165, 1.54) is 10.6 Å². The highest BCUT2D eigenvalue weighted by Gasteiger charge is 2.35. The summed E-state index contributed by atoms with van der Waals surface area (Å²) in [6.07, 6.45) is 6.24. The molecule has 2 aliphatic heterocycles. The molecule has 8 nitrogen and oxygen atoms in total. The fourth-order valence-corrected chi connectivity index (χ4v) is 4.80. The number of amides is 1. The molecule has 0 saturated carbocycles. The van der Waals surface area contributed by atoms with Crippen LogP contribution in [-0.2, 0) is 21.2 Å². The highest BCUT2D eigenvalue weighted by Crippen LogP contribution is 2.29. The van der Waals surface area contributed by atoms with Gasteiger partial charge in [-0.2, -0.15) is 0 Å². The molecule has 0 N–H and O–H groups in total. The number of carbonyl (C=O) groups is 1. The third-order valence-electron chi connectivity index (χ3n) is 5.52. The normalized spacial score (nSPS) is 21.3. The monoisotopic (exact) mass is 416 g/mol. The Bertz CT molecular complexity index is 958. The molecule has 9 heteroatoms. The zero-order valence-electron chi connectivity index (χ0n) is 16.3. The van der Waals surface area contributed by atoms with Crippen molar-refractivity contribution < 1.29 is 17.9 Å². The van der Waals surface area contributed by atoms with Gasteiger partial charge in [0.2, 0.25) is 10.0 Å². The van der Waals surface area contributed by atoms with E-state index in [0.29, 0.717) is 44.8 Å². The van der Waals surface area contributed by atoms with Crippen LogP contribution in [0.3, 0.4) is 0 Å². The van der Waals surface area contributed by atoms with Gasteiger partial charge in [-0.1, -0.05) is 30.3 Å². The largest absolute Gasteiger partial charge is 0.447 e. The minimum absolute atomic E-state index is 0.122. The summed E-state index contributed by atoms with van der Waals surface area (Å²) in [5.41, 5.74) is 1.96. The van der Waals surface area contributed by atoms with E-state index in [1.807, 2.05) is 30.3 Å². The van der Waals surface area contributed by atoms with E-state index in [1.54, 1.807) is 17.3 Å². The summed E-state index contributed by atoms with van der Waals surface area (Å²) in [5.74, 6) is 0.644. The number of benzene rings is 1. The summed E-state index contributed by atoms with van der Waals surface area (Å²) in [4.78, 5) is 22.8. The summed E-state index contributed by atoms with van der Waals surface area (Å²) in [5, 5.41) is 0. The van der Waals surface area contributed by atoms with E-state index < -0.39 is 16.1 Å². The number of sulfonamides is 1. The van der Waals surface area contributed by atoms with Gasteiger partial charge in [0.15, 0.2) is 5.82 Å². The van der Waals surface area contributed by atoms with Crippen LogP contribution in [-0.4, -0.2) is 60.8 Å². The molecule has 0 spiro atoms.